The molecule has 0 heterocycles. The van der Waals surface area contributed by atoms with Crippen molar-refractivity contribution >= 4 is 23.7 Å². The molecule has 0 aromatic heterocycles. The van der Waals surface area contributed by atoms with Crippen molar-refractivity contribution in [3.63, 3.8) is 0 Å². The van der Waals surface area contributed by atoms with E-state index in [0.717, 1.165) is 12.1 Å². The van der Waals surface area contributed by atoms with E-state index in [2.05, 4.69) is 5.32 Å². The SMILES string of the molecule is O=C(Oc1ccc([N+](=O)[O-])cc1)O[C@@H](C(=O)O)[C@@H](NC(=O)c1ccccc1)c1ccccc1. The third kappa shape index (κ3) is 6.14. The number of carbonyl (C=O) groups is 3. The molecule has 10 heteroatoms. The molecule has 0 aliphatic carbocycles. The molecule has 0 bridgehead atoms. The molecule has 0 aliphatic rings. The zero-order valence-corrected chi connectivity index (χ0v) is 17.0. The molecule has 168 valence electrons. The molecule has 3 aromatic carbocycles. The molecule has 0 spiro atoms. The van der Waals surface area contributed by atoms with Crippen molar-refractivity contribution in [3.05, 3.63) is 106 Å². The van der Waals surface area contributed by atoms with Crippen LogP contribution in [0.25, 0.3) is 0 Å². The number of non-ortho nitro benzene ring substituents is 1. The van der Waals surface area contributed by atoms with E-state index in [9.17, 15) is 29.6 Å². The number of hydrogen-bond donors (Lipinski definition) is 2. The number of nitro benzene ring substituents is 1. The summed E-state index contributed by atoms with van der Waals surface area (Å²) < 4.78 is 9.98. The fraction of sp³-hybridized carbons (Fsp3) is 0.0870. The molecular weight excluding hydrogens is 432 g/mol. The minimum Gasteiger partial charge on any atom is -0.478 e. The Kier molecular flexibility index (Phi) is 7.32. The number of hydrogen-bond acceptors (Lipinski definition) is 7. The van der Waals surface area contributed by atoms with E-state index in [1.54, 1.807) is 60.7 Å². The van der Waals surface area contributed by atoms with E-state index in [1.807, 2.05) is 0 Å². The standard InChI is InChI=1S/C23H18N2O8/c26-21(16-9-5-2-6-10-16)24-19(15-7-3-1-4-8-15)20(22(27)28)33-23(29)32-18-13-11-17(12-14-18)25(30)31/h1-14,19-20H,(H,24,26)(H,27,28)/t19-,20+/m0/s1. The molecule has 33 heavy (non-hydrogen) atoms. The molecule has 0 aliphatic heterocycles. The maximum atomic E-state index is 12.7. The van der Waals surface area contributed by atoms with Crippen LogP contribution in [0.5, 0.6) is 5.75 Å². The summed E-state index contributed by atoms with van der Waals surface area (Å²) in [6.45, 7) is 0. The lowest BCUT2D eigenvalue weighted by Gasteiger charge is -2.25. The quantitative estimate of drug-likeness (QED) is 0.228. The monoisotopic (exact) mass is 450 g/mol. The molecule has 1 amide bonds. The molecular formula is C23H18N2O8. The average Bonchev–Trinajstić information content (AvgIpc) is 2.82. The Morgan fingerprint density at radius 3 is 2.00 bits per heavy atom. The first-order chi connectivity index (χ1) is 15.8. The van der Waals surface area contributed by atoms with Gasteiger partial charge in [-0.1, -0.05) is 48.5 Å². The largest absolute Gasteiger partial charge is 0.514 e. The Labute approximate surface area is 187 Å². The van der Waals surface area contributed by atoms with Gasteiger partial charge in [0.05, 0.1) is 4.92 Å². The lowest BCUT2D eigenvalue weighted by molar-refractivity contribution is -0.384. The second-order valence-electron chi connectivity index (χ2n) is 6.71. The van der Waals surface area contributed by atoms with Crippen molar-refractivity contribution in [1.82, 2.24) is 5.32 Å². The summed E-state index contributed by atoms with van der Waals surface area (Å²) in [5.74, 6) is -2.17. The highest BCUT2D eigenvalue weighted by atomic mass is 16.7. The fourth-order valence-corrected chi connectivity index (χ4v) is 2.93. The molecule has 0 unspecified atom stereocenters. The highest BCUT2D eigenvalue weighted by molar-refractivity contribution is 5.95. The number of carboxylic acids is 1. The molecule has 2 atom stereocenters. The number of carboxylic acid groups (broad SMARTS) is 1. The normalized spacial score (nSPS) is 12.1. The van der Waals surface area contributed by atoms with Gasteiger partial charge in [0.25, 0.3) is 11.6 Å². The number of nitrogens with zero attached hydrogens (tertiary/aromatic N) is 1. The van der Waals surface area contributed by atoms with Gasteiger partial charge in [0.2, 0.25) is 6.10 Å². The van der Waals surface area contributed by atoms with Gasteiger partial charge in [-0.2, -0.15) is 0 Å². The molecule has 3 aromatic rings. The third-order valence-electron chi connectivity index (χ3n) is 4.50. The number of ether oxygens (including phenoxy) is 2. The van der Waals surface area contributed by atoms with Gasteiger partial charge >= 0.3 is 12.1 Å². The van der Waals surface area contributed by atoms with E-state index < -0.39 is 35.1 Å². The Hall–Kier alpha value is -4.73. The molecule has 10 nitrogen and oxygen atoms in total. The topological polar surface area (TPSA) is 145 Å². The van der Waals surface area contributed by atoms with Crippen molar-refractivity contribution in [2.45, 2.75) is 12.1 Å². The van der Waals surface area contributed by atoms with Crippen LogP contribution >= 0.6 is 0 Å². The van der Waals surface area contributed by atoms with Crippen molar-refractivity contribution in [2.24, 2.45) is 0 Å². The molecule has 0 radical (unpaired) electrons. The predicted molar refractivity (Wildman–Crippen MR) is 115 cm³/mol. The summed E-state index contributed by atoms with van der Waals surface area (Å²) >= 11 is 0. The first-order valence-electron chi connectivity index (χ1n) is 9.61. The van der Waals surface area contributed by atoms with Crippen LogP contribution in [0, 0.1) is 10.1 Å². The highest BCUT2D eigenvalue weighted by Crippen LogP contribution is 2.23. The number of benzene rings is 3. The van der Waals surface area contributed by atoms with Crippen LogP contribution in [-0.2, 0) is 9.53 Å². The molecule has 0 saturated carbocycles. The van der Waals surface area contributed by atoms with Crippen LogP contribution in [0.15, 0.2) is 84.9 Å². The minimum absolute atomic E-state index is 0.0840. The second kappa shape index (κ2) is 10.5. The maximum Gasteiger partial charge on any atom is 0.514 e. The average molecular weight is 450 g/mol. The summed E-state index contributed by atoms with van der Waals surface area (Å²) in [5.41, 5.74) is 0.459. The van der Waals surface area contributed by atoms with Gasteiger partial charge in [-0.05, 0) is 29.8 Å². The Morgan fingerprint density at radius 1 is 0.879 bits per heavy atom. The molecule has 2 N–H and O–H groups in total. The predicted octanol–water partition coefficient (Wildman–Crippen LogP) is 3.73. The second-order valence-corrected chi connectivity index (χ2v) is 6.71. The van der Waals surface area contributed by atoms with E-state index in [4.69, 9.17) is 9.47 Å². The van der Waals surface area contributed by atoms with Crippen molar-refractivity contribution in [1.29, 1.82) is 0 Å². The van der Waals surface area contributed by atoms with Gasteiger partial charge < -0.3 is 19.9 Å². The third-order valence-corrected chi connectivity index (χ3v) is 4.50. The van der Waals surface area contributed by atoms with Gasteiger partial charge in [-0.15, -0.1) is 0 Å². The summed E-state index contributed by atoms with van der Waals surface area (Å²) in [6.07, 6.45) is -3.18. The summed E-state index contributed by atoms with van der Waals surface area (Å²) in [6, 6.07) is 19.6. The Bertz CT molecular complexity index is 1130. The van der Waals surface area contributed by atoms with Gasteiger partial charge in [-0.3, -0.25) is 14.9 Å². The van der Waals surface area contributed by atoms with Gasteiger partial charge in [-0.25, -0.2) is 9.59 Å². The van der Waals surface area contributed by atoms with Gasteiger partial charge in [0, 0.05) is 17.7 Å². The summed E-state index contributed by atoms with van der Waals surface area (Å²) in [7, 11) is 0. The Morgan fingerprint density at radius 2 is 1.45 bits per heavy atom. The van der Waals surface area contributed by atoms with Crippen LogP contribution < -0.4 is 10.1 Å². The van der Waals surface area contributed by atoms with Crippen LogP contribution in [0.4, 0.5) is 10.5 Å². The van der Waals surface area contributed by atoms with Crippen LogP contribution in [0.2, 0.25) is 0 Å². The van der Waals surface area contributed by atoms with Crippen molar-refractivity contribution in [2.75, 3.05) is 0 Å². The summed E-state index contributed by atoms with van der Waals surface area (Å²) in [4.78, 5) is 47.1. The number of carbonyl (C=O) groups excluding carboxylic acids is 2. The van der Waals surface area contributed by atoms with Gasteiger partial charge in [0.15, 0.2) is 0 Å². The minimum atomic E-state index is -1.83. The van der Waals surface area contributed by atoms with Crippen LogP contribution in [-0.4, -0.2) is 34.2 Å². The smallest absolute Gasteiger partial charge is 0.478 e. The lowest BCUT2D eigenvalue weighted by atomic mass is 10.0. The van der Waals surface area contributed by atoms with Crippen LogP contribution in [0.3, 0.4) is 0 Å². The number of amides is 1. The molecule has 0 saturated heterocycles. The number of nitro groups is 1. The summed E-state index contributed by atoms with van der Waals surface area (Å²) in [5, 5.41) is 23.1. The van der Waals surface area contributed by atoms with Gasteiger partial charge in [0.1, 0.15) is 11.8 Å². The molecule has 0 fully saturated rings. The van der Waals surface area contributed by atoms with Crippen molar-refractivity contribution in [3.8, 4) is 5.75 Å². The zero-order valence-electron chi connectivity index (χ0n) is 17.0. The first-order valence-corrected chi connectivity index (χ1v) is 9.61. The maximum absolute atomic E-state index is 12.7. The van der Waals surface area contributed by atoms with Crippen molar-refractivity contribution < 1.29 is 33.9 Å². The highest BCUT2D eigenvalue weighted by Gasteiger charge is 2.35. The Balaban J connectivity index is 1.81. The fourth-order valence-electron chi connectivity index (χ4n) is 2.93. The van der Waals surface area contributed by atoms with E-state index in [0.29, 0.717) is 5.56 Å². The zero-order chi connectivity index (χ0) is 23.8. The van der Waals surface area contributed by atoms with E-state index in [1.165, 1.54) is 12.1 Å². The lowest BCUT2D eigenvalue weighted by Crippen LogP contribution is -2.43. The van der Waals surface area contributed by atoms with E-state index >= 15 is 0 Å². The van der Waals surface area contributed by atoms with E-state index in [-0.39, 0.29) is 17.0 Å². The molecule has 3 rings (SSSR count). The number of rotatable bonds is 8. The number of aliphatic carboxylic acids is 1. The first kappa shape index (κ1) is 22.9. The number of nitrogens with one attached hydrogen (secondary N) is 1. The van der Waals surface area contributed by atoms with Crippen LogP contribution in [0.1, 0.15) is 22.0 Å².